The molecular weight excluding hydrogens is 1100 g/mol. The van der Waals surface area contributed by atoms with E-state index in [1.165, 1.54) is 0 Å². The highest BCUT2D eigenvalue weighted by Gasteiger charge is 2.28. The first-order valence-electron chi connectivity index (χ1n) is 30.8. The molecular formula is C87H60N4. The van der Waals surface area contributed by atoms with Gasteiger partial charge in [0.05, 0.1) is 16.7 Å². The van der Waals surface area contributed by atoms with Crippen LogP contribution < -0.4 is 0 Å². The molecule has 0 unspecified atom stereocenters. The SMILES string of the molecule is C=C(/C=C(\C(=C\c1ccccc1)n1c2c(-c3ccccc3)ccc(-c3ccccc3)c2c2c(-c3ccccc3)ccc(-c3ccccc3)c21)c1ccccc1)c1nc(-c2ccc(-c3ccccc3)cc2)nc(-c2cc(-c3ccccc3)cc(-c3ccccc3)c2)n1. The van der Waals surface area contributed by atoms with Crippen LogP contribution in [-0.4, -0.2) is 19.5 Å². The lowest BCUT2D eigenvalue weighted by atomic mass is 9.90. The summed E-state index contributed by atoms with van der Waals surface area (Å²) in [5, 5.41) is 2.28. The molecule has 0 saturated heterocycles. The maximum atomic E-state index is 5.52. The predicted octanol–water partition coefficient (Wildman–Crippen LogP) is 22.8. The van der Waals surface area contributed by atoms with Gasteiger partial charge in [-0.15, -0.1) is 0 Å². The molecule has 0 fully saturated rings. The van der Waals surface area contributed by atoms with Crippen LogP contribution in [0.4, 0.5) is 0 Å². The lowest BCUT2D eigenvalue weighted by Gasteiger charge is -2.21. The van der Waals surface area contributed by atoms with Crippen LogP contribution in [0.25, 0.3) is 145 Å². The minimum absolute atomic E-state index is 0.445. The molecule has 13 aromatic carbocycles. The Morgan fingerprint density at radius 2 is 0.604 bits per heavy atom. The highest BCUT2D eigenvalue weighted by molar-refractivity contribution is 6.28. The normalized spacial score (nSPS) is 11.7. The Balaban J connectivity index is 1.04. The van der Waals surface area contributed by atoms with E-state index in [9.17, 15) is 0 Å². The van der Waals surface area contributed by atoms with Crippen LogP contribution in [0.3, 0.4) is 0 Å². The van der Waals surface area contributed by atoms with Gasteiger partial charge in [-0.1, -0.05) is 328 Å². The summed E-state index contributed by atoms with van der Waals surface area (Å²) in [5.41, 5.74) is 23.7. The number of allylic oxidation sites excluding steroid dienone is 4. The first kappa shape index (κ1) is 55.5. The summed E-state index contributed by atoms with van der Waals surface area (Å²) in [6, 6.07) is 121. The highest BCUT2D eigenvalue weighted by Crippen LogP contribution is 2.51. The quantitative estimate of drug-likeness (QED) is 0.0961. The number of fused-ring (bicyclic) bond motifs is 3. The van der Waals surface area contributed by atoms with Gasteiger partial charge in [0.25, 0.3) is 0 Å². The third kappa shape index (κ3) is 11.2. The molecule has 0 atom stereocenters. The van der Waals surface area contributed by atoms with Crippen molar-refractivity contribution in [3.8, 4) is 101 Å². The van der Waals surface area contributed by atoms with E-state index in [1.54, 1.807) is 0 Å². The number of benzene rings is 13. The van der Waals surface area contributed by atoms with Gasteiger partial charge in [-0.2, -0.15) is 0 Å². The van der Waals surface area contributed by atoms with Gasteiger partial charge in [0.15, 0.2) is 17.5 Å². The van der Waals surface area contributed by atoms with Crippen LogP contribution in [0.2, 0.25) is 0 Å². The second-order valence-corrected chi connectivity index (χ2v) is 22.7. The van der Waals surface area contributed by atoms with Crippen molar-refractivity contribution in [3.05, 3.63) is 369 Å². The summed E-state index contributed by atoms with van der Waals surface area (Å²) >= 11 is 0. The van der Waals surface area contributed by atoms with Crippen molar-refractivity contribution >= 4 is 44.7 Å². The average Bonchev–Trinajstić information content (AvgIpc) is 1.59. The molecule has 91 heavy (non-hydrogen) atoms. The smallest absolute Gasteiger partial charge is 0.164 e. The number of aromatic nitrogens is 4. The largest absolute Gasteiger partial charge is 0.307 e. The van der Waals surface area contributed by atoms with Crippen molar-refractivity contribution in [2.45, 2.75) is 0 Å². The second-order valence-electron chi connectivity index (χ2n) is 22.7. The van der Waals surface area contributed by atoms with Crippen LogP contribution in [-0.2, 0) is 0 Å². The van der Waals surface area contributed by atoms with E-state index >= 15 is 0 Å². The van der Waals surface area contributed by atoms with Gasteiger partial charge >= 0.3 is 0 Å². The molecule has 2 heterocycles. The molecule has 15 aromatic rings. The van der Waals surface area contributed by atoms with Crippen molar-refractivity contribution in [1.82, 2.24) is 19.5 Å². The molecule has 0 aliphatic heterocycles. The van der Waals surface area contributed by atoms with Crippen LogP contribution >= 0.6 is 0 Å². The van der Waals surface area contributed by atoms with Crippen molar-refractivity contribution < 1.29 is 0 Å². The molecule has 4 heteroatoms. The fraction of sp³-hybridized carbons (Fsp3) is 0. The Hall–Kier alpha value is -12.1. The summed E-state index contributed by atoms with van der Waals surface area (Å²) < 4.78 is 2.56. The van der Waals surface area contributed by atoms with Gasteiger partial charge in [0.1, 0.15) is 0 Å². The van der Waals surface area contributed by atoms with E-state index in [4.69, 9.17) is 21.5 Å². The number of hydrogen-bond donors (Lipinski definition) is 0. The van der Waals surface area contributed by atoms with Crippen molar-refractivity contribution in [1.29, 1.82) is 0 Å². The van der Waals surface area contributed by atoms with E-state index < -0.39 is 0 Å². The minimum Gasteiger partial charge on any atom is -0.307 e. The van der Waals surface area contributed by atoms with Crippen LogP contribution in [0.15, 0.2) is 352 Å². The number of rotatable bonds is 15. The predicted molar refractivity (Wildman–Crippen MR) is 382 cm³/mol. The summed E-state index contributed by atoms with van der Waals surface area (Å²) in [5.74, 6) is 1.51. The minimum atomic E-state index is 0.445. The van der Waals surface area contributed by atoms with E-state index in [0.717, 1.165) is 133 Å². The lowest BCUT2D eigenvalue weighted by Crippen LogP contribution is -2.05. The molecule has 0 saturated carbocycles. The van der Waals surface area contributed by atoms with Crippen molar-refractivity contribution in [2.75, 3.05) is 0 Å². The molecule has 0 bridgehead atoms. The van der Waals surface area contributed by atoms with E-state index in [1.807, 2.05) is 6.07 Å². The first-order valence-corrected chi connectivity index (χ1v) is 30.8. The molecule has 0 radical (unpaired) electrons. The van der Waals surface area contributed by atoms with Gasteiger partial charge in [-0.05, 0) is 108 Å². The van der Waals surface area contributed by atoms with Crippen molar-refractivity contribution in [3.63, 3.8) is 0 Å². The van der Waals surface area contributed by atoms with Gasteiger partial charge in [-0.25, -0.2) is 15.0 Å². The molecule has 428 valence electrons. The summed E-state index contributed by atoms with van der Waals surface area (Å²) in [4.78, 5) is 16.4. The van der Waals surface area contributed by atoms with Crippen LogP contribution in [0, 0.1) is 0 Å². The second kappa shape index (κ2) is 24.9. The maximum absolute atomic E-state index is 5.52. The fourth-order valence-corrected chi connectivity index (χ4v) is 12.6. The Morgan fingerprint density at radius 1 is 0.286 bits per heavy atom. The molecule has 2 aromatic heterocycles. The zero-order valence-corrected chi connectivity index (χ0v) is 50.0. The molecule has 0 amide bonds. The fourth-order valence-electron chi connectivity index (χ4n) is 12.6. The molecule has 4 nitrogen and oxygen atoms in total. The third-order valence-corrected chi connectivity index (χ3v) is 17.0. The molecule has 0 aliphatic rings. The number of hydrogen-bond acceptors (Lipinski definition) is 3. The van der Waals surface area contributed by atoms with E-state index in [0.29, 0.717) is 23.0 Å². The highest BCUT2D eigenvalue weighted by atomic mass is 15.0. The van der Waals surface area contributed by atoms with E-state index in [-0.39, 0.29) is 0 Å². The monoisotopic (exact) mass is 1160 g/mol. The Bertz CT molecular complexity index is 4950. The number of nitrogens with zero attached hydrogens (tertiary/aromatic N) is 4. The molecule has 15 rings (SSSR count). The summed E-state index contributed by atoms with van der Waals surface area (Å²) in [7, 11) is 0. The lowest BCUT2D eigenvalue weighted by molar-refractivity contribution is 1.04. The van der Waals surface area contributed by atoms with Crippen molar-refractivity contribution in [2.24, 2.45) is 0 Å². The van der Waals surface area contributed by atoms with Crippen LogP contribution in [0.1, 0.15) is 17.0 Å². The molecule has 0 spiro atoms. The average molecular weight is 1160 g/mol. The van der Waals surface area contributed by atoms with Gasteiger partial charge < -0.3 is 4.57 Å². The molecule has 0 aliphatic carbocycles. The standard InChI is InChI=1S/C87H60N4/c1-60(85-88-86(71-49-47-65(48-50-71)62-31-13-3-14-32-62)90-87(89-85)74-58-72(63-33-15-4-16-34-63)57-73(59-74)64-35-17-5-18-36-64)55-79(70-45-27-10-28-46-70)80(56-61-29-11-2-12-30-61)91-83-77(68-41-23-8-24-42-68)53-51-75(66-37-19-6-20-38-66)81(83)82-76(67-39-21-7-22-40-67)52-54-78(84(82)91)69-43-25-9-26-44-69/h2-59H,1H2/b79-55-,80-56-. The maximum Gasteiger partial charge on any atom is 0.164 e. The zero-order chi connectivity index (χ0) is 60.9. The van der Waals surface area contributed by atoms with Crippen LogP contribution in [0.5, 0.6) is 0 Å². The van der Waals surface area contributed by atoms with Gasteiger partial charge in [0, 0.05) is 44.2 Å². The Morgan fingerprint density at radius 3 is 1.03 bits per heavy atom. The van der Waals surface area contributed by atoms with E-state index in [2.05, 4.69) is 350 Å². The topological polar surface area (TPSA) is 43.6 Å². The van der Waals surface area contributed by atoms with Gasteiger partial charge in [-0.3, -0.25) is 0 Å². The zero-order valence-electron chi connectivity index (χ0n) is 50.0. The third-order valence-electron chi connectivity index (χ3n) is 17.0. The Kier molecular flexibility index (Phi) is 15.2. The van der Waals surface area contributed by atoms with Gasteiger partial charge in [0.2, 0.25) is 0 Å². The summed E-state index contributed by atoms with van der Waals surface area (Å²) in [6.07, 6.45) is 4.54. The molecule has 0 N–H and O–H groups in total. The first-order chi connectivity index (χ1) is 45.1. The summed E-state index contributed by atoms with van der Waals surface area (Å²) in [6.45, 7) is 5.01. The Labute approximate surface area is 531 Å².